The van der Waals surface area contributed by atoms with Crippen LogP contribution in [0.1, 0.15) is 49.5 Å². The Hall–Kier alpha value is -1.62. The molecule has 0 amide bonds. The topological polar surface area (TPSA) is 48.6 Å². The molecule has 2 bridgehead atoms. The average molecular weight is 340 g/mol. The number of nitrogens with one attached hydrogen (secondary N) is 1. The molecule has 25 heavy (non-hydrogen) atoms. The molecule has 134 valence electrons. The first-order chi connectivity index (χ1) is 12.3. The summed E-state index contributed by atoms with van der Waals surface area (Å²) in [5.41, 5.74) is 1.42. The predicted octanol–water partition coefficient (Wildman–Crippen LogP) is 3.49. The fourth-order valence-corrected chi connectivity index (χ4v) is 4.67. The monoisotopic (exact) mass is 340 g/mol. The normalized spacial score (nSPS) is 27.5. The van der Waals surface area contributed by atoms with Crippen LogP contribution in [0.2, 0.25) is 0 Å². The van der Waals surface area contributed by atoms with Crippen molar-refractivity contribution >= 4 is 0 Å². The van der Waals surface area contributed by atoms with Crippen LogP contribution < -0.4 is 5.32 Å². The molecule has 2 saturated heterocycles. The van der Waals surface area contributed by atoms with E-state index in [2.05, 4.69) is 40.5 Å². The van der Waals surface area contributed by atoms with Gasteiger partial charge in [-0.25, -0.2) is 0 Å². The van der Waals surface area contributed by atoms with Crippen LogP contribution >= 0.6 is 0 Å². The maximum Gasteiger partial charge on any atom is 0.120 e. The number of benzene rings is 1. The highest BCUT2D eigenvalue weighted by atomic mass is 16.3. The summed E-state index contributed by atoms with van der Waals surface area (Å²) in [4.78, 5) is 2.71. The van der Waals surface area contributed by atoms with Gasteiger partial charge in [-0.15, -0.1) is 0 Å². The minimum atomic E-state index is 0.116. The Morgan fingerprint density at radius 1 is 1.08 bits per heavy atom. The number of nitrogens with zero attached hydrogens (tertiary/aromatic N) is 1. The van der Waals surface area contributed by atoms with E-state index in [1.165, 1.54) is 31.2 Å². The summed E-state index contributed by atoms with van der Waals surface area (Å²) in [5, 5.41) is 13.2. The highest BCUT2D eigenvalue weighted by Crippen LogP contribution is 2.37. The quantitative estimate of drug-likeness (QED) is 0.810. The molecule has 2 aliphatic rings. The summed E-state index contributed by atoms with van der Waals surface area (Å²) < 4.78 is 5.58. The largest absolute Gasteiger partial charge is 0.468 e. The van der Waals surface area contributed by atoms with Crippen LogP contribution in [0.25, 0.3) is 0 Å². The maximum atomic E-state index is 9.40. The Bertz CT molecular complexity index is 629. The minimum absolute atomic E-state index is 0.116. The number of hydrogen-bond acceptors (Lipinski definition) is 4. The summed E-state index contributed by atoms with van der Waals surface area (Å²) in [7, 11) is 0. The Balaban J connectivity index is 1.39. The predicted molar refractivity (Wildman–Crippen MR) is 98.1 cm³/mol. The van der Waals surface area contributed by atoms with Crippen molar-refractivity contribution in [2.45, 2.75) is 62.8 Å². The molecule has 4 atom stereocenters. The Morgan fingerprint density at radius 3 is 2.48 bits per heavy atom. The van der Waals surface area contributed by atoms with Crippen molar-refractivity contribution in [2.24, 2.45) is 0 Å². The van der Waals surface area contributed by atoms with E-state index < -0.39 is 0 Å². The van der Waals surface area contributed by atoms with Gasteiger partial charge in [0.1, 0.15) is 5.76 Å². The number of fused-ring (bicyclic) bond motifs is 2. The molecule has 0 aliphatic carbocycles. The lowest BCUT2D eigenvalue weighted by atomic mass is 9.95. The van der Waals surface area contributed by atoms with E-state index in [4.69, 9.17) is 4.42 Å². The summed E-state index contributed by atoms with van der Waals surface area (Å²) in [6.07, 6.45) is 7.40. The highest BCUT2D eigenvalue weighted by molar-refractivity contribution is 5.16. The van der Waals surface area contributed by atoms with Crippen molar-refractivity contribution in [1.29, 1.82) is 0 Å². The molecule has 4 nitrogen and oxygen atoms in total. The van der Waals surface area contributed by atoms with Crippen LogP contribution in [0.4, 0.5) is 0 Å². The summed E-state index contributed by atoms with van der Waals surface area (Å²) in [5.74, 6) is 0.938. The third-order valence-electron chi connectivity index (χ3n) is 5.83. The smallest absolute Gasteiger partial charge is 0.120 e. The first kappa shape index (κ1) is 16.8. The third-order valence-corrected chi connectivity index (χ3v) is 5.83. The van der Waals surface area contributed by atoms with Crippen LogP contribution in [-0.2, 0) is 6.54 Å². The van der Waals surface area contributed by atoms with E-state index in [0.717, 1.165) is 12.3 Å². The number of furan rings is 1. The molecule has 1 aromatic heterocycles. The molecule has 2 fully saturated rings. The molecule has 0 radical (unpaired) electrons. The van der Waals surface area contributed by atoms with E-state index in [9.17, 15) is 5.11 Å². The highest BCUT2D eigenvalue weighted by Gasteiger charge is 2.41. The van der Waals surface area contributed by atoms with Crippen molar-refractivity contribution in [1.82, 2.24) is 10.2 Å². The van der Waals surface area contributed by atoms with Crippen molar-refractivity contribution in [3.8, 4) is 0 Å². The van der Waals surface area contributed by atoms with Crippen LogP contribution in [0.3, 0.4) is 0 Å². The van der Waals surface area contributed by atoms with Gasteiger partial charge in [-0.1, -0.05) is 30.3 Å². The van der Waals surface area contributed by atoms with E-state index >= 15 is 0 Å². The number of rotatable bonds is 7. The molecular formula is C21H28N2O2. The van der Waals surface area contributed by atoms with Crippen LogP contribution in [0.15, 0.2) is 53.1 Å². The molecule has 2 aromatic rings. The van der Waals surface area contributed by atoms with Crippen LogP contribution in [0, 0.1) is 0 Å². The average Bonchev–Trinajstić information content (AvgIpc) is 3.23. The molecule has 4 rings (SSSR count). The molecule has 3 heterocycles. The van der Waals surface area contributed by atoms with Crippen LogP contribution in [-0.4, -0.2) is 34.7 Å². The van der Waals surface area contributed by atoms with E-state index in [1.807, 2.05) is 12.1 Å². The molecule has 2 aliphatic heterocycles. The first-order valence-electron chi connectivity index (χ1n) is 9.53. The fourth-order valence-electron chi connectivity index (χ4n) is 4.67. The summed E-state index contributed by atoms with van der Waals surface area (Å²) in [6.45, 7) is 1.25. The summed E-state index contributed by atoms with van der Waals surface area (Å²) >= 11 is 0. The zero-order chi connectivity index (χ0) is 17.1. The molecule has 1 aromatic carbocycles. The van der Waals surface area contributed by atoms with Gasteiger partial charge in [0.15, 0.2) is 0 Å². The lowest BCUT2D eigenvalue weighted by molar-refractivity contribution is 0.101. The molecule has 0 saturated carbocycles. The number of aliphatic hydroxyl groups excluding tert-OH is 1. The molecular weight excluding hydrogens is 312 g/mol. The van der Waals surface area contributed by atoms with Crippen molar-refractivity contribution in [3.05, 3.63) is 60.1 Å². The van der Waals surface area contributed by atoms with Gasteiger partial charge in [0.25, 0.3) is 0 Å². The Kier molecular flexibility index (Phi) is 5.20. The molecule has 4 heteroatoms. The second-order valence-electron chi connectivity index (χ2n) is 7.46. The van der Waals surface area contributed by atoms with E-state index in [1.54, 1.807) is 6.26 Å². The van der Waals surface area contributed by atoms with E-state index in [-0.39, 0.29) is 12.6 Å². The minimum Gasteiger partial charge on any atom is -0.468 e. The zero-order valence-corrected chi connectivity index (χ0v) is 14.7. The Labute approximate surface area is 149 Å². The van der Waals surface area contributed by atoms with Gasteiger partial charge in [-0.05, 0) is 49.8 Å². The van der Waals surface area contributed by atoms with Gasteiger partial charge in [-0.3, -0.25) is 4.90 Å². The van der Waals surface area contributed by atoms with Gasteiger partial charge < -0.3 is 14.8 Å². The van der Waals surface area contributed by atoms with Gasteiger partial charge in [0.05, 0.1) is 12.3 Å². The number of aliphatic hydroxyl groups is 1. The molecule has 2 N–H and O–H groups in total. The second-order valence-corrected chi connectivity index (χ2v) is 7.46. The summed E-state index contributed by atoms with van der Waals surface area (Å²) in [6, 6.07) is 16.7. The lowest BCUT2D eigenvalue weighted by Gasteiger charge is -2.40. The first-order valence-corrected chi connectivity index (χ1v) is 9.53. The van der Waals surface area contributed by atoms with Gasteiger partial charge >= 0.3 is 0 Å². The van der Waals surface area contributed by atoms with Crippen molar-refractivity contribution < 1.29 is 9.52 Å². The Morgan fingerprint density at radius 2 is 1.84 bits per heavy atom. The SMILES string of the molecule is OCCC(NC1C[C@H]2CC[C@@H](C1)N2Cc1ccccc1)c1ccco1. The molecule has 0 spiro atoms. The van der Waals surface area contributed by atoms with Crippen LogP contribution in [0.5, 0.6) is 0 Å². The zero-order valence-electron chi connectivity index (χ0n) is 14.7. The van der Waals surface area contributed by atoms with Gasteiger partial charge in [-0.2, -0.15) is 0 Å². The van der Waals surface area contributed by atoms with Gasteiger partial charge in [0, 0.05) is 31.3 Å². The fraction of sp³-hybridized carbons (Fsp3) is 0.524. The van der Waals surface area contributed by atoms with Gasteiger partial charge in [0.2, 0.25) is 0 Å². The van der Waals surface area contributed by atoms with Crippen molar-refractivity contribution in [3.63, 3.8) is 0 Å². The lowest BCUT2D eigenvalue weighted by Crippen LogP contribution is -2.49. The van der Waals surface area contributed by atoms with Crippen molar-refractivity contribution in [2.75, 3.05) is 6.61 Å². The third kappa shape index (κ3) is 3.81. The molecule has 2 unspecified atom stereocenters. The maximum absolute atomic E-state index is 9.40. The standard InChI is InChI=1S/C21H28N2O2/c24-11-10-20(21-7-4-12-25-21)22-17-13-18-8-9-19(14-17)23(18)15-16-5-2-1-3-6-16/h1-7,12,17-20,22,24H,8-11,13-15H2/t17?,18-,19+,20?. The second kappa shape index (κ2) is 7.73. The number of piperidine rings is 1. The number of hydrogen-bond donors (Lipinski definition) is 2. The van der Waals surface area contributed by atoms with E-state index in [0.29, 0.717) is 24.5 Å².